The lowest BCUT2D eigenvalue weighted by molar-refractivity contribution is -0.130. The van der Waals surface area contributed by atoms with Gasteiger partial charge >= 0.3 is 0 Å². The quantitative estimate of drug-likeness (QED) is 0.825. The summed E-state index contributed by atoms with van der Waals surface area (Å²) in [6.07, 6.45) is 4.75. The molecule has 0 saturated carbocycles. The summed E-state index contributed by atoms with van der Waals surface area (Å²) < 4.78 is 5.12. The Kier molecular flexibility index (Phi) is 6.26. The van der Waals surface area contributed by atoms with Crippen molar-refractivity contribution < 1.29 is 14.3 Å². The van der Waals surface area contributed by atoms with Crippen LogP contribution < -0.4 is 10.1 Å². The van der Waals surface area contributed by atoms with Crippen molar-refractivity contribution in [2.75, 3.05) is 25.5 Å². The largest absolute Gasteiger partial charge is 0.497 e. The molecule has 0 spiro atoms. The Hall–Kier alpha value is -3.08. The number of amides is 2. The van der Waals surface area contributed by atoms with E-state index in [9.17, 15) is 9.59 Å². The molecular formula is C22H24N2O3. The van der Waals surface area contributed by atoms with Crippen LogP contribution in [-0.4, -0.2) is 36.9 Å². The van der Waals surface area contributed by atoms with Crippen LogP contribution in [0.2, 0.25) is 0 Å². The summed E-state index contributed by atoms with van der Waals surface area (Å²) in [6, 6.07) is 17.0. The van der Waals surface area contributed by atoms with E-state index >= 15 is 0 Å². The first-order valence-electron chi connectivity index (χ1n) is 9.12. The minimum atomic E-state index is -0.0557. The molecule has 1 fully saturated rings. The summed E-state index contributed by atoms with van der Waals surface area (Å²) in [6.45, 7) is 1.19. The number of para-hydroxylation sites is 1. The van der Waals surface area contributed by atoms with E-state index in [1.54, 1.807) is 24.2 Å². The average molecular weight is 364 g/mol. The molecule has 1 N–H and O–H groups in total. The molecule has 2 aromatic carbocycles. The third-order valence-electron chi connectivity index (χ3n) is 4.75. The second kappa shape index (κ2) is 9.03. The monoisotopic (exact) mass is 364 g/mol. The number of ether oxygens (including phenoxy) is 1. The predicted octanol–water partition coefficient (Wildman–Crippen LogP) is 3.59. The van der Waals surface area contributed by atoms with Gasteiger partial charge in [-0.3, -0.25) is 9.59 Å². The minimum Gasteiger partial charge on any atom is -0.497 e. The van der Waals surface area contributed by atoms with Gasteiger partial charge in [0.2, 0.25) is 11.8 Å². The number of nitrogens with zero attached hydrogens (tertiary/aromatic N) is 1. The number of hydrogen-bond acceptors (Lipinski definition) is 3. The molecule has 1 aliphatic rings. The Bertz CT molecular complexity index is 792. The predicted molar refractivity (Wildman–Crippen MR) is 106 cm³/mol. The Morgan fingerprint density at radius 3 is 2.33 bits per heavy atom. The summed E-state index contributed by atoms with van der Waals surface area (Å²) >= 11 is 0. The van der Waals surface area contributed by atoms with Crippen LogP contribution in [0.5, 0.6) is 5.75 Å². The van der Waals surface area contributed by atoms with E-state index in [0.29, 0.717) is 25.9 Å². The molecular weight excluding hydrogens is 340 g/mol. The summed E-state index contributed by atoms with van der Waals surface area (Å²) in [4.78, 5) is 26.5. The van der Waals surface area contributed by atoms with Gasteiger partial charge in [-0.15, -0.1) is 0 Å². The van der Waals surface area contributed by atoms with Crippen LogP contribution in [0.4, 0.5) is 5.69 Å². The fourth-order valence-corrected chi connectivity index (χ4v) is 3.12. The van der Waals surface area contributed by atoms with Gasteiger partial charge in [0.05, 0.1) is 7.11 Å². The lowest BCUT2D eigenvalue weighted by atomic mass is 9.95. The topological polar surface area (TPSA) is 58.6 Å². The average Bonchev–Trinajstić information content (AvgIpc) is 2.73. The molecule has 5 nitrogen and oxygen atoms in total. The van der Waals surface area contributed by atoms with Crippen LogP contribution >= 0.6 is 0 Å². The van der Waals surface area contributed by atoms with Crippen molar-refractivity contribution in [3.63, 3.8) is 0 Å². The van der Waals surface area contributed by atoms with Crippen molar-refractivity contribution in [2.24, 2.45) is 5.92 Å². The van der Waals surface area contributed by atoms with Crippen molar-refractivity contribution in [2.45, 2.75) is 12.8 Å². The Morgan fingerprint density at radius 2 is 1.70 bits per heavy atom. The molecule has 3 rings (SSSR count). The van der Waals surface area contributed by atoms with Gasteiger partial charge in [-0.25, -0.2) is 0 Å². The first-order valence-corrected chi connectivity index (χ1v) is 9.12. The van der Waals surface area contributed by atoms with E-state index in [1.165, 1.54) is 0 Å². The first-order chi connectivity index (χ1) is 13.2. The zero-order valence-corrected chi connectivity index (χ0v) is 15.4. The van der Waals surface area contributed by atoms with Gasteiger partial charge in [-0.1, -0.05) is 30.3 Å². The van der Waals surface area contributed by atoms with Crippen molar-refractivity contribution in [1.29, 1.82) is 0 Å². The van der Waals surface area contributed by atoms with Gasteiger partial charge in [0.1, 0.15) is 5.75 Å². The van der Waals surface area contributed by atoms with E-state index in [2.05, 4.69) is 5.32 Å². The van der Waals surface area contributed by atoms with Crippen LogP contribution in [0, 0.1) is 5.92 Å². The lowest BCUT2D eigenvalue weighted by Crippen LogP contribution is -2.40. The van der Waals surface area contributed by atoms with Crippen LogP contribution in [0.25, 0.3) is 6.08 Å². The highest BCUT2D eigenvalue weighted by Gasteiger charge is 2.26. The Balaban J connectivity index is 1.48. The van der Waals surface area contributed by atoms with E-state index in [1.807, 2.05) is 54.6 Å². The summed E-state index contributed by atoms with van der Waals surface area (Å²) in [5.41, 5.74) is 1.75. The maximum absolute atomic E-state index is 12.4. The summed E-state index contributed by atoms with van der Waals surface area (Å²) in [5, 5.41) is 2.95. The molecule has 27 heavy (non-hydrogen) atoms. The molecule has 1 heterocycles. The second-order valence-corrected chi connectivity index (χ2v) is 6.56. The molecule has 0 bridgehead atoms. The van der Waals surface area contributed by atoms with Gasteiger partial charge in [0.15, 0.2) is 0 Å². The highest BCUT2D eigenvalue weighted by molar-refractivity contribution is 5.94. The van der Waals surface area contributed by atoms with Crippen LogP contribution in [0.3, 0.4) is 0 Å². The Labute approximate surface area is 159 Å². The molecule has 140 valence electrons. The molecule has 2 aromatic rings. The third-order valence-corrected chi connectivity index (χ3v) is 4.75. The zero-order valence-electron chi connectivity index (χ0n) is 15.4. The minimum absolute atomic E-state index is 0.0206. The molecule has 1 saturated heterocycles. The Morgan fingerprint density at radius 1 is 1.04 bits per heavy atom. The highest BCUT2D eigenvalue weighted by Crippen LogP contribution is 2.20. The fourth-order valence-electron chi connectivity index (χ4n) is 3.12. The third kappa shape index (κ3) is 5.20. The SMILES string of the molecule is COc1ccc(/C=C/C(=O)N2CCC(C(=O)Nc3ccccc3)CC2)cc1. The molecule has 0 atom stereocenters. The fraction of sp³-hybridized carbons (Fsp3) is 0.273. The number of benzene rings is 2. The van der Waals surface area contributed by atoms with E-state index < -0.39 is 0 Å². The van der Waals surface area contributed by atoms with E-state index in [0.717, 1.165) is 17.0 Å². The number of rotatable bonds is 5. The number of nitrogens with one attached hydrogen (secondary N) is 1. The second-order valence-electron chi connectivity index (χ2n) is 6.56. The van der Waals surface area contributed by atoms with Gasteiger partial charge < -0.3 is 15.0 Å². The maximum atomic E-state index is 12.4. The number of methoxy groups -OCH3 is 1. The highest BCUT2D eigenvalue weighted by atomic mass is 16.5. The molecule has 2 amide bonds. The molecule has 1 aliphatic heterocycles. The summed E-state index contributed by atoms with van der Waals surface area (Å²) in [7, 11) is 1.62. The number of carbonyl (C=O) groups excluding carboxylic acids is 2. The smallest absolute Gasteiger partial charge is 0.246 e. The molecule has 0 radical (unpaired) electrons. The van der Waals surface area contributed by atoms with Crippen LogP contribution in [0.1, 0.15) is 18.4 Å². The lowest BCUT2D eigenvalue weighted by Gasteiger charge is -2.30. The molecule has 0 aromatic heterocycles. The molecule has 0 aliphatic carbocycles. The van der Waals surface area contributed by atoms with Gasteiger partial charge in [-0.2, -0.15) is 0 Å². The van der Waals surface area contributed by atoms with E-state index in [4.69, 9.17) is 4.74 Å². The van der Waals surface area contributed by atoms with Gasteiger partial charge in [0, 0.05) is 30.8 Å². The first kappa shape index (κ1) is 18.7. The number of hydrogen-bond donors (Lipinski definition) is 1. The number of likely N-dealkylation sites (tertiary alicyclic amines) is 1. The normalized spacial score (nSPS) is 14.9. The zero-order chi connectivity index (χ0) is 19.1. The van der Waals surface area contributed by atoms with Crippen molar-refractivity contribution in [3.8, 4) is 5.75 Å². The van der Waals surface area contributed by atoms with Crippen molar-refractivity contribution in [3.05, 3.63) is 66.2 Å². The van der Waals surface area contributed by atoms with Gasteiger partial charge in [-0.05, 0) is 48.7 Å². The number of anilines is 1. The number of carbonyl (C=O) groups is 2. The van der Waals surface area contributed by atoms with Crippen LogP contribution in [0.15, 0.2) is 60.7 Å². The van der Waals surface area contributed by atoms with Crippen LogP contribution in [-0.2, 0) is 9.59 Å². The molecule has 0 unspecified atom stereocenters. The van der Waals surface area contributed by atoms with Crippen molar-refractivity contribution in [1.82, 2.24) is 4.90 Å². The standard InChI is InChI=1S/C22H24N2O3/c1-27-20-10-7-17(8-11-20)9-12-21(25)24-15-13-18(14-16-24)22(26)23-19-5-3-2-4-6-19/h2-12,18H,13-16H2,1H3,(H,23,26)/b12-9+. The summed E-state index contributed by atoms with van der Waals surface area (Å²) in [5.74, 6) is 0.740. The number of piperidine rings is 1. The van der Waals surface area contributed by atoms with Gasteiger partial charge in [0.25, 0.3) is 0 Å². The maximum Gasteiger partial charge on any atom is 0.246 e. The molecule has 5 heteroatoms. The van der Waals surface area contributed by atoms with E-state index in [-0.39, 0.29) is 17.7 Å². The van der Waals surface area contributed by atoms with Crippen molar-refractivity contribution >= 4 is 23.6 Å².